The molecule has 8 heteroatoms. The molecule has 2 unspecified atom stereocenters. The molecule has 1 aromatic heterocycles. The first-order valence-corrected chi connectivity index (χ1v) is 10.6. The molecule has 0 radical (unpaired) electrons. The first kappa shape index (κ1) is 22.7. The summed E-state index contributed by atoms with van der Waals surface area (Å²) in [6.07, 6.45) is 4.63. The van der Waals surface area contributed by atoms with E-state index in [1.807, 2.05) is 62.8 Å². The Labute approximate surface area is 183 Å². The van der Waals surface area contributed by atoms with Gasteiger partial charge in [-0.05, 0) is 39.7 Å². The first-order valence-electron chi connectivity index (χ1n) is 10.6. The number of carbonyl (C=O) groups is 2. The average molecular weight is 429 g/mol. The molecule has 31 heavy (non-hydrogen) atoms. The van der Waals surface area contributed by atoms with Gasteiger partial charge in [0.25, 0.3) is 0 Å². The topological polar surface area (TPSA) is 85.7 Å². The molecule has 2 heterocycles. The van der Waals surface area contributed by atoms with Crippen LogP contribution in [0.25, 0.3) is 0 Å². The quantitative estimate of drug-likeness (QED) is 0.790. The van der Waals surface area contributed by atoms with Gasteiger partial charge in [0.05, 0.1) is 13.0 Å². The largest absolute Gasteiger partial charge is 0.496 e. The lowest BCUT2D eigenvalue weighted by molar-refractivity contribution is -0.127. The van der Waals surface area contributed by atoms with Crippen LogP contribution in [0, 0.1) is 5.92 Å². The van der Waals surface area contributed by atoms with Crippen LogP contribution in [-0.4, -0.2) is 52.3 Å². The highest BCUT2D eigenvalue weighted by molar-refractivity contribution is 5.81. The number of nitrogens with one attached hydrogen (secondary N) is 1. The number of piperidine rings is 1. The minimum atomic E-state index is -0.570. The number of benzene rings is 1. The van der Waals surface area contributed by atoms with Crippen LogP contribution in [0.15, 0.2) is 36.7 Å². The summed E-state index contributed by atoms with van der Waals surface area (Å²) < 4.78 is 12.9. The van der Waals surface area contributed by atoms with Crippen molar-refractivity contribution >= 4 is 12.0 Å². The Balaban J connectivity index is 1.79. The SMILES string of the molecule is COc1ccccc1C(NC(=O)C1CCCN(C(=O)OC(C)(C)C)C1)c1nccn1C. The van der Waals surface area contributed by atoms with Crippen LogP contribution in [0.5, 0.6) is 5.75 Å². The van der Waals surface area contributed by atoms with E-state index >= 15 is 0 Å². The van der Waals surface area contributed by atoms with Crippen LogP contribution in [0.2, 0.25) is 0 Å². The molecule has 2 aromatic rings. The van der Waals surface area contributed by atoms with Crippen LogP contribution in [0.4, 0.5) is 4.79 Å². The van der Waals surface area contributed by atoms with Gasteiger partial charge in [-0.25, -0.2) is 9.78 Å². The molecule has 0 bridgehead atoms. The fourth-order valence-corrected chi connectivity index (χ4v) is 3.79. The van der Waals surface area contributed by atoms with Crippen LogP contribution < -0.4 is 10.1 Å². The number of aryl methyl sites for hydroxylation is 1. The fourth-order valence-electron chi connectivity index (χ4n) is 3.79. The molecule has 1 aliphatic rings. The maximum Gasteiger partial charge on any atom is 0.410 e. The molecule has 2 atom stereocenters. The van der Waals surface area contributed by atoms with Gasteiger partial charge < -0.3 is 24.3 Å². The van der Waals surface area contributed by atoms with Gasteiger partial charge in [-0.2, -0.15) is 0 Å². The third kappa shape index (κ3) is 5.57. The number of imidazole rings is 1. The lowest BCUT2D eigenvalue weighted by Gasteiger charge is -2.34. The maximum atomic E-state index is 13.3. The van der Waals surface area contributed by atoms with Gasteiger partial charge in [-0.3, -0.25) is 4.79 Å². The van der Waals surface area contributed by atoms with Gasteiger partial charge in [-0.1, -0.05) is 18.2 Å². The number of para-hydroxylation sites is 1. The molecular formula is C23H32N4O4. The molecule has 0 spiro atoms. The lowest BCUT2D eigenvalue weighted by atomic mass is 9.96. The van der Waals surface area contributed by atoms with Crippen molar-refractivity contribution in [1.82, 2.24) is 19.8 Å². The highest BCUT2D eigenvalue weighted by Gasteiger charge is 2.33. The standard InChI is InChI=1S/C23H32N4O4/c1-23(2,3)31-22(29)27-13-8-9-16(15-27)21(28)25-19(20-24-12-14-26(20)4)17-10-6-7-11-18(17)30-5/h6-7,10-12,14,16,19H,8-9,13,15H2,1-5H3,(H,25,28). The zero-order valence-electron chi connectivity index (χ0n) is 18.9. The van der Waals surface area contributed by atoms with Crippen molar-refractivity contribution in [3.63, 3.8) is 0 Å². The Kier molecular flexibility index (Phi) is 6.87. The summed E-state index contributed by atoms with van der Waals surface area (Å²) in [5.74, 6) is 0.943. The summed E-state index contributed by atoms with van der Waals surface area (Å²) in [5, 5.41) is 3.15. The molecule has 1 N–H and O–H groups in total. The summed E-state index contributed by atoms with van der Waals surface area (Å²) in [5.41, 5.74) is 0.256. The molecular weight excluding hydrogens is 396 g/mol. The minimum Gasteiger partial charge on any atom is -0.496 e. The van der Waals surface area contributed by atoms with Gasteiger partial charge >= 0.3 is 6.09 Å². The second-order valence-corrected chi connectivity index (χ2v) is 8.85. The molecule has 3 rings (SSSR count). The van der Waals surface area contributed by atoms with Gasteiger partial charge in [0.15, 0.2) is 0 Å². The Morgan fingerprint density at radius 2 is 2.00 bits per heavy atom. The van der Waals surface area contributed by atoms with Gasteiger partial charge in [0.1, 0.15) is 23.2 Å². The molecule has 168 valence electrons. The highest BCUT2D eigenvalue weighted by Crippen LogP contribution is 2.30. The van der Waals surface area contributed by atoms with E-state index in [-0.39, 0.29) is 17.9 Å². The number of rotatable bonds is 5. The monoisotopic (exact) mass is 428 g/mol. The van der Waals surface area contributed by atoms with Gasteiger partial charge in [0, 0.05) is 38.1 Å². The van der Waals surface area contributed by atoms with E-state index in [2.05, 4.69) is 10.3 Å². The summed E-state index contributed by atoms with van der Waals surface area (Å²) in [7, 11) is 3.50. The van der Waals surface area contributed by atoms with E-state index in [0.717, 1.165) is 12.0 Å². The number of hydrogen-bond acceptors (Lipinski definition) is 5. The predicted molar refractivity (Wildman–Crippen MR) is 117 cm³/mol. The number of ether oxygens (including phenoxy) is 2. The molecule has 1 aromatic carbocycles. The smallest absolute Gasteiger partial charge is 0.410 e. The molecule has 1 saturated heterocycles. The summed E-state index contributed by atoms with van der Waals surface area (Å²) in [6.45, 7) is 6.44. The normalized spacial score (nSPS) is 17.7. The molecule has 1 fully saturated rings. The van der Waals surface area contributed by atoms with Crippen molar-refractivity contribution in [1.29, 1.82) is 0 Å². The van der Waals surface area contributed by atoms with E-state index in [1.165, 1.54) is 0 Å². The van der Waals surface area contributed by atoms with Crippen LogP contribution in [0.1, 0.15) is 51.0 Å². The fraction of sp³-hybridized carbons (Fsp3) is 0.522. The number of nitrogens with zero attached hydrogens (tertiary/aromatic N) is 3. The maximum absolute atomic E-state index is 13.3. The van der Waals surface area contributed by atoms with Gasteiger partial charge in [-0.15, -0.1) is 0 Å². The van der Waals surface area contributed by atoms with Crippen molar-refractivity contribution in [3.05, 3.63) is 48.0 Å². The zero-order valence-corrected chi connectivity index (χ0v) is 18.9. The summed E-state index contributed by atoms with van der Waals surface area (Å²) >= 11 is 0. The Hall–Kier alpha value is -3.03. The highest BCUT2D eigenvalue weighted by atomic mass is 16.6. The summed E-state index contributed by atoms with van der Waals surface area (Å²) in [6, 6.07) is 7.11. The Bertz CT molecular complexity index is 918. The minimum absolute atomic E-state index is 0.118. The van der Waals surface area contributed by atoms with Crippen molar-refractivity contribution in [2.75, 3.05) is 20.2 Å². The molecule has 2 amide bonds. The van der Waals surface area contributed by atoms with E-state index < -0.39 is 11.6 Å². The second-order valence-electron chi connectivity index (χ2n) is 8.85. The van der Waals surface area contributed by atoms with E-state index in [4.69, 9.17) is 9.47 Å². The second kappa shape index (κ2) is 9.41. The number of carbonyl (C=O) groups excluding carboxylic acids is 2. The van der Waals surface area contributed by atoms with Crippen LogP contribution in [-0.2, 0) is 16.6 Å². The third-order valence-electron chi connectivity index (χ3n) is 5.30. The van der Waals surface area contributed by atoms with Crippen molar-refractivity contribution in [2.45, 2.75) is 45.3 Å². The molecule has 0 saturated carbocycles. The molecule has 0 aliphatic carbocycles. The average Bonchev–Trinajstić information content (AvgIpc) is 3.16. The predicted octanol–water partition coefficient (Wildman–Crippen LogP) is 3.28. The summed E-state index contributed by atoms with van der Waals surface area (Å²) in [4.78, 5) is 31.8. The van der Waals surface area contributed by atoms with Crippen LogP contribution >= 0.6 is 0 Å². The lowest BCUT2D eigenvalue weighted by Crippen LogP contribution is -2.47. The van der Waals surface area contributed by atoms with E-state index in [0.29, 0.717) is 31.1 Å². The number of methoxy groups -OCH3 is 1. The number of aromatic nitrogens is 2. The van der Waals surface area contributed by atoms with E-state index in [1.54, 1.807) is 18.2 Å². The van der Waals surface area contributed by atoms with Crippen LogP contribution in [0.3, 0.4) is 0 Å². The van der Waals surface area contributed by atoms with Gasteiger partial charge in [0.2, 0.25) is 5.91 Å². The molecule has 1 aliphatic heterocycles. The number of hydrogen-bond donors (Lipinski definition) is 1. The number of amides is 2. The Morgan fingerprint density at radius 3 is 2.65 bits per heavy atom. The van der Waals surface area contributed by atoms with E-state index in [9.17, 15) is 9.59 Å². The van der Waals surface area contributed by atoms with Crippen molar-refractivity contribution in [3.8, 4) is 5.75 Å². The zero-order chi connectivity index (χ0) is 22.6. The molecule has 8 nitrogen and oxygen atoms in total. The Morgan fingerprint density at radius 1 is 1.26 bits per heavy atom. The first-order chi connectivity index (χ1) is 14.7. The van der Waals surface area contributed by atoms with Crippen molar-refractivity contribution in [2.24, 2.45) is 13.0 Å². The number of likely N-dealkylation sites (tertiary alicyclic amines) is 1. The van der Waals surface area contributed by atoms with Crippen molar-refractivity contribution < 1.29 is 19.1 Å². The third-order valence-corrected chi connectivity index (χ3v) is 5.30.